The molecule has 0 saturated carbocycles. The molecule has 1 N–H and O–H groups in total. The summed E-state index contributed by atoms with van der Waals surface area (Å²) < 4.78 is 31.3. The summed E-state index contributed by atoms with van der Waals surface area (Å²) in [7, 11) is 3.94. The van der Waals surface area contributed by atoms with Crippen LogP contribution in [0.3, 0.4) is 0 Å². The second-order valence-electron chi connectivity index (χ2n) is 6.79. The molecule has 130 valence electrons. The summed E-state index contributed by atoms with van der Waals surface area (Å²) in [6.45, 7) is 5.37. The number of amides is 1. The minimum atomic E-state index is -0.986. The van der Waals surface area contributed by atoms with Gasteiger partial charge in [-0.05, 0) is 37.7 Å². The van der Waals surface area contributed by atoms with E-state index in [1.165, 1.54) is 12.1 Å². The van der Waals surface area contributed by atoms with Gasteiger partial charge in [0.1, 0.15) is 0 Å². The Morgan fingerprint density at radius 1 is 1.25 bits per heavy atom. The Kier molecular flexibility index (Phi) is 5.33. The first-order valence-electron chi connectivity index (χ1n) is 7.53. The van der Waals surface area contributed by atoms with Crippen molar-refractivity contribution in [2.45, 2.75) is 13.8 Å². The van der Waals surface area contributed by atoms with Crippen LogP contribution in [0.15, 0.2) is 28.8 Å². The SMILES string of the molecule is CN(C)CC(C)(C)CNC(=O)c1cc(-c2ccc(F)c(F)c2)on1. The molecule has 0 aliphatic rings. The van der Waals surface area contributed by atoms with Crippen LogP contribution in [-0.2, 0) is 0 Å². The molecule has 1 heterocycles. The zero-order chi connectivity index (χ0) is 17.9. The Morgan fingerprint density at radius 3 is 2.58 bits per heavy atom. The van der Waals surface area contributed by atoms with Crippen molar-refractivity contribution in [3.8, 4) is 11.3 Å². The van der Waals surface area contributed by atoms with Crippen molar-refractivity contribution in [3.05, 3.63) is 41.6 Å². The van der Waals surface area contributed by atoms with Gasteiger partial charge in [0.05, 0.1) is 0 Å². The second-order valence-corrected chi connectivity index (χ2v) is 6.79. The van der Waals surface area contributed by atoms with Crippen molar-refractivity contribution < 1.29 is 18.1 Å². The number of nitrogens with zero attached hydrogens (tertiary/aromatic N) is 2. The van der Waals surface area contributed by atoms with E-state index in [-0.39, 0.29) is 22.8 Å². The molecule has 0 aliphatic carbocycles. The van der Waals surface area contributed by atoms with E-state index >= 15 is 0 Å². The Labute approximate surface area is 139 Å². The van der Waals surface area contributed by atoms with E-state index < -0.39 is 11.6 Å². The van der Waals surface area contributed by atoms with Gasteiger partial charge in [-0.15, -0.1) is 0 Å². The summed E-state index contributed by atoms with van der Waals surface area (Å²) in [5.41, 5.74) is 0.301. The van der Waals surface area contributed by atoms with Gasteiger partial charge < -0.3 is 14.7 Å². The number of rotatable bonds is 6. The molecular weight excluding hydrogens is 316 g/mol. The molecule has 0 atom stereocenters. The van der Waals surface area contributed by atoms with Crippen LogP contribution in [0.1, 0.15) is 24.3 Å². The first kappa shape index (κ1) is 18.1. The first-order chi connectivity index (χ1) is 11.2. The maximum absolute atomic E-state index is 13.3. The van der Waals surface area contributed by atoms with Gasteiger partial charge in [-0.25, -0.2) is 8.78 Å². The Morgan fingerprint density at radius 2 is 1.96 bits per heavy atom. The molecule has 0 unspecified atom stereocenters. The second kappa shape index (κ2) is 7.09. The van der Waals surface area contributed by atoms with Gasteiger partial charge in [-0.3, -0.25) is 4.79 Å². The lowest BCUT2D eigenvalue weighted by molar-refractivity contribution is 0.0920. The summed E-state index contributed by atoms with van der Waals surface area (Å²) in [6, 6.07) is 4.76. The van der Waals surface area contributed by atoms with Crippen molar-refractivity contribution in [3.63, 3.8) is 0 Å². The fourth-order valence-electron chi connectivity index (χ4n) is 2.49. The predicted molar refractivity (Wildman–Crippen MR) is 86.5 cm³/mol. The third-order valence-corrected chi connectivity index (χ3v) is 3.42. The van der Waals surface area contributed by atoms with Gasteiger partial charge in [-0.1, -0.05) is 19.0 Å². The third kappa shape index (κ3) is 4.61. The molecule has 2 rings (SSSR count). The maximum atomic E-state index is 13.3. The highest BCUT2D eigenvalue weighted by molar-refractivity contribution is 5.93. The maximum Gasteiger partial charge on any atom is 0.273 e. The first-order valence-corrected chi connectivity index (χ1v) is 7.53. The number of carbonyl (C=O) groups is 1. The number of nitrogens with one attached hydrogen (secondary N) is 1. The number of aromatic nitrogens is 1. The lowest BCUT2D eigenvalue weighted by Crippen LogP contribution is -2.40. The molecule has 0 radical (unpaired) electrons. The highest BCUT2D eigenvalue weighted by Crippen LogP contribution is 2.22. The molecule has 24 heavy (non-hydrogen) atoms. The zero-order valence-corrected chi connectivity index (χ0v) is 14.2. The van der Waals surface area contributed by atoms with Crippen molar-refractivity contribution in [2.75, 3.05) is 27.2 Å². The third-order valence-electron chi connectivity index (χ3n) is 3.42. The number of halogens is 2. The van der Waals surface area contributed by atoms with Crippen LogP contribution >= 0.6 is 0 Å². The standard InChI is InChI=1S/C17H21F2N3O2/c1-17(2,10-22(3)4)9-20-16(23)14-8-15(24-21-14)11-5-6-12(18)13(19)7-11/h5-8H,9-10H2,1-4H3,(H,20,23). The van der Waals surface area contributed by atoms with Gasteiger partial charge in [0.25, 0.3) is 5.91 Å². The highest BCUT2D eigenvalue weighted by atomic mass is 19.2. The minimum Gasteiger partial charge on any atom is -0.355 e. The monoisotopic (exact) mass is 337 g/mol. The number of hydrogen-bond donors (Lipinski definition) is 1. The van der Waals surface area contributed by atoms with Crippen molar-refractivity contribution in [1.82, 2.24) is 15.4 Å². The average Bonchev–Trinajstić information content (AvgIpc) is 2.96. The minimum absolute atomic E-state index is 0.0930. The fourth-order valence-corrected chi connectivity index (χ4v) is 2.49. The largest absolute Gasteiger partial charge is 0.355 e. The van der Waals surface area contributed by atoms with Gasteiger partial charge in [0, 0.05) is 24.7 Å². The molecule has 0 bridgehead atoms. The fraction of sp³-hybridized carbons (Fsp3) is 0.412. The lowest BCUT2D eigenvalue weighted by Gasteiger charge is -2.28. The smallest absolute Gasteiger partial charge is 0.273 e. The normalized spacial score (nSPS) is 11.8. The Bertz CT molecular complexity index is 726. The highest BCUT2D eigenvalue weighted by Gasteiger charge is 2.21. The topological polar surface area (TPSA) is 58.4 Å². The molecule has 7 heteroatoms. The zero-order valence-electron chi connectivity index (χ0n) is 14.2. The van der Waals surface area contributed by atoms with E-state index in [1.54, 1.807) is 0 Å². The Balaban J connectivity index is 2.04. The molecule has 0 fully saturated rings. The quantitative estimate of drug-likeness (QED) is 0.880. The molecule has 0 saturated heterocycles. The molecular formula is C17H21F2N3O2. The van der Waals surface area contributed by atoms with Crippen molar-refractivity contribution in [2.24, 2.45) is 5.41 Å². The number of hydrogen-bond acceptors (Lipinski definition) is 4. The van der Waals surface area contributed by atoms with Gasteiger partial charge >= 0.3 is 0 Å². The van der Waals surface area contributed by atoms with Crippen LogP contribution < -0.4 is 5.32 Å². The van der Waals surface area contributed by atoms with E-state index in [0.29, 0.717) is 12.1 Å². The molecule has 1 aromatic carbocycles. The van der Waals surface area contributed by atoms with Gasteiger partial charge in [0.15, 0.2) is 23.1 Å². The lowest BCUT2D eigenvalue weighted by atomic mass is 9.93. The molecule has 1 amide bonds. The number of benzene rings is 1. The van der Waals surface area contributed by atoms with Crippen LogP contribution in [0, 0.1) is 17.0 Å². The molecule has 5 nitrogen and oxygen atoms in total. The molecule has 1 aromatic heterocycles. The van der Waals surface area contributed by atoms with Crippen LogP contribution in [0.25, 0.3) is 11.3 Å². The summed E-state index contributed by atoms with van der Waals surface area (Å²) in [5, 5.41) is 6.50. The summed E-state index contributed by atoms with van der Waals surface area (Å²) in [5.74, 6) is -2.11. The van der Waals surface area contributed by atoms with Gasteiger partial charge in [-0.2, -0.15) is 0 Å². The van der Waals surface area contributed by atoms with E-state index in [4.69, 9.17) is 4.52 Å². The average molecular weight is 337 g/mol. The van der Waals surface area contributed by atoms with Crippen LogP contribution in [0.2, 0.25) is 0 Å². The van der Waals surface area contributed by atoms with Gasteiger partial charge in [0.2, 0.25) is 0 Å². The van der Waals surface area contributed by atoms with E-state index in [9.17, 15) is 13.6 Å². The molecule has 0 aliphatic heterocycles. The summed E-state index contributed by atoms with van der Waals surface area (Å²) in [6.07, 6.45) is 0. The Hall–Kier alpha value is -2.28. The van der Waals surface area contributed by atoms with E-state index in [0.717, 1.165) is 18.7 Å². The van der Waals surface area contributed by atoms with E-state index in [1.807, 2.05) is 32.8 Å². The predicted octanol–water partition coefficient (Wildman–Crippen LogP) is 2.94. The summed E-state index contributed by atoms with van der Waals surface area (Å²) in [4.78, 5) is 14.2. The molecule has 0 spiro atoms. The van der Waals surface area contributed by atoms with Crippen LogP contribution in [0.5, 0.6) is 0 Å². The summed E-state index contributed by atoms with van der Waals surface area (Å²) >= 11 is 0. The van der Waals surface area contributed by atoms with Crippen LogP contribution in [0.4, 0.5) is 8.78 Å². The van der Waals surface area contributed by atoms with Crippen LogP contribution in [-0.4, -0.2) is 43.1 Å². The van der Waals surface area contributed by atoms with Crippen molar-refractivity contribution >= 4 is 5.91 Å². The number of carbonyl (C=O) groups excluding carboxylic acids is 1. The van der Waals surface area contributed by atoms with Crippen molar-refractivity contribution in [1.29, 1.82) is 0 Å². The van der Waals surface area contributed by atoms with E-state index in [2.05, 4.69) is 10.5 Å². The molecule has 2 aromatic rings.